The molecular weight excluding hydrogens is 526 g/mol. The molecule has 0 spiro atoms. The highest BCUT2D eigenvalue weighted by Crippen LogP contribution is 2.34. The zero-order valence-corrected chi connectivity index (χ0v) is 19.0. The molecule has 0 amide bonds. The number of nitrogens with one attached hydrogen (secondary N) is 2. The van der Waals surface area contributed by atoms with Crippen LogP contribution in [0, 0.1) is 0 Å². The molecular formula is C17H22Cl2F2IN5O. The van der Waals surface area contributed by atoms with E-state index >= 15 is 0 Å². The van der Waals surface area contributed by atoms with Crippen molar-refractivity contribution in [1.29, 1.82) is 0 Å². The minimum atomic E-state index is -2.99. The molecule has 2 rings (SSSR count). The Kier molecular flexibility index (Phi) is 11.5. The lowest BCUT2D eigenvalue weighted by Gasteiger charge is -2.14. The van der Waals surface area contributed by atoms with Crippen LogP contribution >= 0.6 is 47.2 Å². The van der Waals surface area contributed by atoms with E-state index < -0.39 is 6.61 Å². The van der Waals surface area contributed by atoms with Crippen LogP contribution in [-0.2, 0) is 13.1 Å². The smallest absolute Gasteiger partial charge is 0.387 e. The van der Waals surface area contributed by atoms with Crippen molar-refractivity contribution in [2.45, 2.75) is 33.0 Å². The van der Waals surface area contributed by atoms with Gasteiger partial charge in [-0.1, -0.05) is 23.2 Å². The molecule has 1 aromatic heterocycles. The maximum atomic E-state index is 12.6. The van der Waals surface area contributed by atoms with Crippen molar-refractivity contribution in [3.05, 3.63) is 46.2 Å². The lowest BCUT2D eigenvalue weighted by atomic mass is 10.2. The van der Waals surface area contributed by atoms with E-state index in [-0.39, 0.29) is 41.3 Å². The average Bonchev–Trinajstić information content (AvgIpc) is 3.12. The molecule has 28 heavy (non-hydrogen) atoms. The largest absolute Gasteiger partial charge is 0.433 e. The van der Waals surface area contributed by atoms with Gasteiger partial charge in [-0.25, -0.2) is 4.99 Å². The molecule has 0 saturated carbocycles. The number of rotatable bonds is 9. The third-order valence-electron chi connectivity index (χ3n) is 3.46. The zero-order chi connectivity index (χ0) is 19.6. The molecule has 1 aromatic carbocycles. The Morgan fingerprint density at radius 2 is 2.11 bits per heavy atom. The van der Waals surface area contributed by atoms with Crippen molar-refractivity contribution < 1.29 is 13.5 Å². The Hall–Kier alpha value is -1.33. The fourth-order valence-corrected chi connectivity index (χ4v) is 2.92. The summed E-state index contributed by atoms with van der Waals surface area (Å²) in [6.07, 6.45) is 4.47. The van der Waals surface area contributed by atoms with E-state index in [1.165, 1.54) is 12.1 Å². The topological polar surface area (TPSA) is 63.5 Å². The fourth-order valence-electron chi connectivity index (χ4n) is 2.34. The Balaban J connectivity index is 0.00000392. The molecule has 2 aromatic rings. The van der Waals surface area contributed by atoms with E-state index in [0.717, 1.165) is 13.0 Å². The van der Waals surface area contributed by atoms with Gasteiger partial charge in [0.25, 0.3) is 0 Å². The molecule has 0 bridgehead atoms. The number of benzene rings is 1. The quantitative estimate of drug-likeness (QED) is 0.209. The first-order chi connectivity index (χ1) is 13.0. The van der Waals surface area contributed by atoms with Crippen molar-refractivity contribution in [2.24, 2.45) is 4.99 Å². The summed E-state index contributed by atoms with van der Waals surface area (Å²) in [5, 5.41) is 10.8. The van der Waals surface area contributed by atoms with E-state index in [9.17, 15) is 8.78 Å². The van der Waals surface area contributed by atoms with E-state index in [1.54, 1.807) is 6.20 Å². The second-order valence-corrected chi connectivity index (χ2v) is 6.34. The molecule has 0 fully saturated rings. The highest BCUT2D eigenvalue weighted by molar-refractivity contribution is 14.0. The van der Waals surface area contributed by atoms with Crippen LogP contribution in [0.5, 0.6) is 5.75 Å². The summed E-state index contributed by atoms with van der Waals surface area (Å²) in [5.74, 6) is 0.436. The van der Waals surface area contributed by atoms with Gasteiger partial charge in [0.1, 0.15) is 5.75 Å². The Bertz CT molecular complexity index is 747. The third kappa shape index (κ3) is 8.36. The normalized spacial score (nSPS) is 11.3. The standard InChI is InChI=1S/C17H21Cl2F2N5O.HI/c1-2-22-17(23-5-3-7-26-8-4-6-25-26)24-11-12-9-13(18)10-14(19)15(12)27-16(20)21;/h4,6,8-10,16H,2-3,5,7,11H2,1H3,(H2,22,23,24);1H. The van der Waals surface area contributed by atoms with Crippen molar-refractivity contribution in [3.63, 3.8) is 0 Å². The van der Waals surface area contributed by atoms with Crippen LogP contribution < -0.4 is 15.4 Å². The highest BCUT2D eigenvalue weighted by Gasteiger charge is 2.15. The Morgan fingerprint density at radius 1 is 1.32 bits per heavy atom. The first kappa shape index (κ1) is 24.7. The van der Waals surface area contributed by atoms with Gasteiger partial charge < -0.3 is 15.4 Å². The first-order valence-corrected chi connectivity index (χ1v) is 9.17. The van der Waals surface area contributed by atoms with Crippen molar-refractivity contribution in [2.75, 3.05) is 13.1 Å². The van der Waals surface area contributed by atoms with E-state index in [4.69, 9.17) is 23.2 Å². The van der Waals surface area contributed by atoms with Crippen molar-refractivity contribution in [1.82, 2.24) is 20.4 Å². The number of hydrogen-bond donors (Lipinski definition) is 2. The summed E-state index contributed by atoms with van der Waals surface area (Å²) in [5.41, 5.74) is 0.376. The minimum Gasteiger partial charge on any atom is -0.433 e. The summed E-state index contributed by atoms with van der Waals surface area (Å²) in [6, 6.07) is 4.73. The number of halogens is 5. The lowest BCUT2D eigenvalue weighted by Crippen LogP contribution is -2.38. The highest BCUT2D eigenvalue weighted by atomic mass is 127. The molecule has 0 aliphatic heterocycles. The zero-order valence-electron chi connectivity index (χ0n) is 15.2. The molecule has 156 valence electrons. The number of guanidine groups is 1. The second-order valence-electron chi connectivity index (χ2n) is 5.50. The molecule has 0 saturated heterocycles. The molecule has 0 aliphatic carbocycles. The summed E-state index contributed by atoms with van der Waals surface area (Å²) >= 11 is 11.9. The van der Waals surface area contributed by atoms with Crippen LogP contribution in [0.4, 0.5) is 8.78 Å². The molecule has 0 atom stereocenters. The molecule has 6 nitrogen and oxygen atoms in total. The van der Waals surface area contributed by atoms with Gasteiger partial charge in [0, 0.05) is 42.6 Å². The Labute approximate surface area is 189 Å². The van der Waals surface area contributed by atoms with Crippen LogP contribution in [0.2, 0.25) is 10.0 Å². The number of nitrogens with zero attached hydrogens (tertiary/aromatic N) is 3. The average molecular weight is 548 g/mol. The fraction of sp³-hybridized carbons (Fsp3) is 0.412. The number of aryl methyl sites for hydroxylation is 1. The van der Waals surface area contributed by atoms with Crippen LogP contribution in [0.25, 0.3) is 0 Å². The molecule has 0 radical (unpaired) electrons. The maximum Gasteiger partial charge on any atom is 0.387 e. The number of ether oxygens (including phenoxy) is 1. The van der Waals surface area contributed by atoms with Gasteiger partial charge in [0.15, 0.2) is 5.96 Å². The van der Waals surface area contributed by atoms with Crippen LogP contribution in [-0.4, -0.2) is 35.4 Å². The maximum absolute atomic E-state index is 12.6. The monoisotopic (exact) mass is 547 g/mol. The van der Waals surface area contributed by atoms with Gasteiger partial charge in [-0.2, -0.15) is 13.9 Å². The number of hydrogen-bond acceptors (Lipinski definition) is 3. The van der Waals surface area contributed by atoms with Crippen molar-refractivity contribution in [3.8, 4) is 5.75 Å². The predicted octanol–water partition coefficient (Wildman–Crippen LogP) is 4.55. The van der Waals surface area contributed by atoms with Crippen molar-refractivity contribution >= 4 is 53.1 Å². The Morgan fingerprint density at radius 3 is 2.75 bits per heavy atom. The van der Waals surface area contributed by atoms with Crippen LogP contribution in [0.15, 0.2) is 35.6 Å². The van der Waals surface area contributed by atoms with Gasteiger partial charge in [-0.3, -0.25) is 4.68 Å². The third-order valence-corrected chi connectivity index (χ3v) is 3.96. The number of aliphatic imine (C=N–C) groups is 1. The summed E-state index contributed by atoms with van der Waals surface area (Å²) in [6.45, 7) is 1.12. The molecule has 0 aliphatic rings. The molecule has 0 unspecified atom stereocenters. The predicted molar refractivity (Wildman–Crippen MR) is 118 cm³/mol. The molecule has 11 heteroatoms. The second kappa shape index (κ2) is 13.0. The summed E-state index contributed by atoms with van der Waals surface area (Å²) in [7, 11) is 0. The van der Waals surface area contributed by atoms with Gasteiger partial charge in [0.2, 0.25) is 0 Å². The summed E-state index contributed by atoms with van der Waals surface area (Å²) in [4.78, 5) is 4.40. The van der Waals surface area contributed by atoms with Crippen LogP contribution in [0.1, 0.15) is 18.9 Å². The molecule has 2 N–H and O–H groups in total. The molecule has 1 heterocycles. The van der Waals surface area contributed by atoms with Gasteiger partial charge in [-0.05, 0) is 31.5 Å². The van der Waals surface area contributed by atoms with E-state index in [2.05, 4.69) is 25.5 Å². The van der Waals surface area contributed by atoms with Crippen LogP contribution in [0.3, 0.4) is 0 Å². The van der Waals surface area contributed by atoms with Gasteiger partial charge in [-0.15, -0.1) is 24.0 Å². The first-order valence-electron chi connectivity index (χ1n) is 8.42. The van der Waals surface area contributed by atoms with E-state index in [0.29, 0.717) is 29.6 Å². The SMILES string of the molecule is CCNC(=NCc1cc(Cl)cc(Cl)c1OC(F)F)NCCCn1cccn1.I. The van der Waals surface area contributed by atoms with Gasteiger partial charge in [0.05, 0.1) is 11.6 Å². The minimum absolute atomic E-state index is 0. The number of alkyl halides is 2. The number of aromatic nitrogens is 2. The lowest BCUT2D eigenvalue weighted by molar-refractivity contribution is -0.0503. The van der Waals surface area contributed by atoms with Gasteiger partial charge >= 0.3 is 6.61 Å². The van der Waals surface area contributed by atoms with E-state index in [1.807, 2.05) is 23.9 Å². The summed E-state index contributed by atoms with van der Waals surface area (Å²) < 4.78 is 31.6.